The molecule has 9 nitrogen and oxygen atoms in total. The van der Waals surface area contributed by atoms with Crippen molar-refractivity contribution in [2.24, 2.45) is 0 Å². The lowest BCUT2D eigenvalue weighted by atomic mass is 9.70. The Bertz CT molecular complexity index is 945. The van der Waals surface area contributed by atoms with Crippen molar-refractivity contribution in [1.82, 2.24) is 9.88 Å². The fraction of sp³-hybridized carbons (Fsp3) is 0.316. The van der Waals surface area contributed by atoms with Crippen molar-refractivity contribution in [2.45, 2.75) is 25.3 Å². The number of carboxylic acid groups (broad SMARTS) is 1. The molecule has 29 heavy (non-hydrogen) atoms. The molecule has 0 atom stereocenters. The van der Waals surface area contributed by atoms with Crippen LogP contribution >= 0.6 is 0 Å². The highest BCUT2D eigenvalue weighted by molar-refractivity contribution is 6.59. The van der Waals surface area contributed by atoms with Crippen LogP contribution in [0.3, 0.4) is 0 Å². The molecule has 2 aliphatic heterocycles. The maximum atomic E-state index is 12.3. The molecule has 1 amide bonds. The van der Waals surface area contributed by atoms with E-state index in [2.05, 4.69) is 4.98 Å². The van der Waals surface area contributed by atoms with E-state index in [9.17, 15) is 24.7 Å². The molecular weight excluding hydrogens is 379 g/mol. The number of pyridine rings is 1. The van der Waals surface area contributed by atoms with Gasteiger partial charge in [-0.15, -0.1) is 0 Å². The highest BCUT2D eigenvalue weighted by Crippen LogP contribution is 2.38. The maximum Gasteiger partial charge on any atom is 0.430 e. The second-order valence-electron chi connectivity index (χ2n) is 7.28. The number of ether oxygens (including phenoxy) is 1. The molecule has 0 unspecified atom stereocenters. The number of carbonyl (C=O) groups is 2. The summed E-state index contributed by atoms with van der Waals surface area (Å²) in [6.45, 7) is -2.43. The molecule has 3 heterocycles. The molecule has 0 bridgehead atoms. The van der Waals surface area contributed by atoms with Gasteiger partial charge < -0.3 is 29.4 Å². The summed E-state index contributed by atoms with van der Waals surface area (Å²) in [6.07, 6.45) is 1.76. The fourth-order valence-corrected chi connectivity index (χ4v) is 3.50. The van der Waals surface area contributed by atoms with Crippen LogP contribution in [0.2, 0.25) is 6.32 Å². The number of aromatic carboxylic acids is 1. The van der Waals surface area contributed by atoms with E-state index >= 15 is 0 Å². The lowest BCUT2D eigenvalue weighted by Crippen LogP contribution is -2.56. The molecule has 1 aromatic heterocycles. The Hall–Kier alpha value is -3.11. The van der Waals surface area contributed by atoms with Gasteiger partial charge in [0, 0.05) is 11.9 Å². The van der Waals surface area contributed by atoms with E-state index in [1.54, 1.807) is 35.4 Å². The first-order valence-corrected chi connectivity index (χ1v) is 9.35. The second-order valence-corrected chi connectivity index (χ2v) is 7.28. The highest BCUT2D eigenvalue weighted by atomic mass is 16.6. The number of hydrogen-bond acceptors (Lipinski definition) is 7. The zero-order valence-corrected chi connectivity index (χ0v) is 15.5. The van der Waals surface area contributed by atoms with Gasteiger partial charge in [-0.25, -0.2) is 4.79 Å². The Balaban J connectivity index is 1.43. The monoisotopic (exact) mass is 399 g/mol. The number of aromatic nitrogens is 1. The van der Waals surface area contributed by atoms with Crippen molar-refractivity contribution >= 4 is 18.6 Å². The molecule has 4 rings (SSSR count). The number of fused-ring (bicyclic) bond motifs is 1. The molecule has 1 aromatic carbocycles. The number of aryl methyl sites for hydroxylation is 1. The van der Waals surface area contributed by atoms with Gasteiger partial charge in [-0.05, 0) is 30.2 Å². The zero-order valence-electron chi connectivity index (χ0n) is 15.5. The normalized spacial score (nSPS) is 17.7. The van der Waals surface area contributed by atoms with Crippen LogP contribution in [0, 0.1) is 0 Å². The van der Waals surface area contributed by atoms with E-state index in [0.29, 0.717) is 30.8 Å². The van der Waals surface area contributed by atoms with Crippen LogP contribution in [0.15, 0.2) is 36.5 Å². The van der Waals surface area contributed by atoms with E-state index in [-0.39, 0.29) is 41.8 Å². The number of benzene rings is 1. The number of carboxylic acids is 1. The van der Waals surface area contributed by atoms with E-state index in [4.69, 9.17) is 9.39 Å². The van der Waals surface area contributed by atoms with Crippen molar-refractivity contribution in [3.63, 3.8) is 0 Å². The largest absolute Gasteiger partial charge is 0.669 e. The molecule has 2 aromatic rings. The third-order valence-corrected chi connectivity index (χ3v) is 5.06. The summed E-state index contributed by atoms with van der Waals surface area (Å²) in [5.41, 5.74) is 1.02. The Morgan fingerprint density at radius 3 is 2.72 bits per heavy atom. The summed E-state index contributed by atoms with van der Waals surface area (Å²) in [6, 6.07) is 8.58. The van der Waals surface area contributed by atoms with Crippen molar-refractivity contribution in [3.05, 3.63) is 53.3 Å². The van der Waals surface area contributed by atoms with Crippen LogP contribution in [-0.4, -0.2) is 62.9 Å². The van der Waals surface area contributed by atoms with E-state index < -0.39 is 12.7 Å². The molecule has 0 saturated carbocycles. The summed E-state index contributed by atoms with van der Waals surface area (Å²) in [5.74, 6) is -1.36. The van der Waals surface area contributed by atoms with Crippen LogP contribution in [-0.2, 0) is 17.6 Å². The predicted molar refractivity (Wildman–Crippen MR) is 102 cm³/mol. The molecule has 2 aliphatic rings. The molecule has 0 aliphatic carbocycles. The Morgan fingerprint density at radius 1 is 1.24 bits per heavy atom. The number of nitrogens with zero attached hydrogens (tertiary/aromatic N) is 2. The van der Waals surface area contributed by atoms with E-state index in [1.807, 2.05) is 6.07 Å². The van der Waals surface area contributed by atoms with Gasteiger partial charge in [-0.3, -0.25) is 9.78 Å². The van der Waals surface area contributed by atoms with Crippen molar-refractivity contribution < 1.29 is 34.1 Å². The summed E-state index contributed by atoms with van der Waals surface area (Å²) in [4.78, 5) is 29.8. The number of likely N-dealkylation sites (tertiary alicyclic amines) is 1. The first kappa shape index (κ1) is 19.2. The van der Waals surface area contributed by atoms with Gasteiger partial charge in [0.15, 0.2) is 0 Å². The second kappa shape index (κ2) is 7.38. The first-order chi connectivity index (χ1) is 13.8. The summed E-state index contributed by atoms with van der Waals surface area (Å²) >= 11 is 0. The number of rotatable bonds is 5. The molecule has 1 fully saturated rings. The lowest BCUT2D eigenvalue weighted by Gasteiger charge is -2.40. The number of hydrogen-bond donors (Lipinski definition) is 3. The minimum absolute atomic E-state index is 0.00221. The van der Waals surface area contributed by atoms with Crippen molar-refractivity contribution in [3.8, 4) is 11.5 Å². The van der Waals surface area contributed by atoms with Crippen molar-refractivity contribution in [1.29, 1.82) is 0 Å². The van der Waals surface area contributed by atoms with Crippen LogP contribution in [0.5, 0.6) is 11.5 Å². The Kier molecular flexibility index (Phi) is 4.89. The van der Waals surface area contributed by atoms with Crippen molar-refractivity contribution in [2.75, 3.05) is 13.1 Å². The summed E-state index contributed by atoms with van der Waals surface area (Å²) < 4.78 is 10.9. The Labute approximate surface area is 166 Å². The van der Waals surface area contributed by atoms with Gasteiger partial charge in [0.05, 0.1) is 25.3 Å². The van der Waals surface area contributed by atoms with Gasteiger partial charge in [0.1, 0.15) is 17.4 Å². The first-order valence-electron chi connectivity index (χ1n) is 9.35. The van der Waals surface area contributed by atoms with Crippen LogP contribution in [0.25, 0.3) is 0 Å². The summed E-state index contributed by atoms with van der Waals surface area (Å²) in [7, 11) is 0. The summed E-state index contributed by atoms with van der Waals surface area (Å²) in [5, 5.41) is 29.2. The number of amides is 1. The SMILES string of the molecule is O=C(O)c1c(OC2CN(C(=O)Cc3ccccn3)C2)ccc2c1O[B-](O)(O)CC2. The van der Waals surface area contributed by atoms with Crippen LogP contribution in [0.1, 0.15) is 21.6 Å². The van der Waals surface area contributed by atoms with E-state index in [1.165, 1.54) is 0 Å². The third-order valence-electron chi connectivity index (χ3n) is 5.06. The van der Waals surface area contributed by atoms with Gasteiger partial charge in [0.2, 0.25) is 5.91 Å². The molecule has 0 spiro atoms. The molecule has 3 N–H and O–H groups in total. The minimum Gasteiger partial charge on any atom is -0.669 e. The predicted octanol–water partition coefficient (Wildman–Crippen LogP) is 0.470. The van der Waals surface area contributed by atoms with Crippen LogP contribution in [0.4, 0.5) is 0 Å². The smallest absolute Gasteiger partial charge is 0.430 e. The average molecular weight is 399 g/mol. The van der Waals surface area contributed by atoms with Gasteiger partial charge >= 0.3 is 12.7 Å². The molecule has 0 radical (unpaired) electrons. The molecular formula is C19H20BN2O7-. The zero-order chi connectivity index (χ0) is 20.6. The standard InChI is InChI=1S/C19H20BN2O7/c23-16(9-13-3-1-2-8-21-13)22-10-14(11-22)28-15-5-4-12-6-7-20(26,27)29-18(12)17(15)19(24)25/h1-5,8,14,26-27H,6-7,9-11H2,(H,24,25)/q-1. The number of carbonyl (C=O) groups excluding carboxylic acids is 1. The molecule has 152 valence electrons. The maximum absolute atomic E-state index is 12.3. The van der Waals surface area contributed by atoms with Gasteiger partial charge in [0.25, 0.3) is 0 Å². The lowest BCUT2D eigenvalue weighted by molar-refractivity contribution is -0.139. The van der Waals surface area contributed by atoms with E-state index in [0.717, 1.165) is 0 Å². The topological polar surface area (TPSA) is 129 Å². The van der Waals surface area contributed by atoms with Gasteiger partial charge in [-0.1, -0.05) is 18.5 Å². The molecule has 1 saturated heterocycles. The minimum atomic E-state index is -3.09. The van der Waals surface area contributed by atoms with Gasteiger partial charge in [-0.2, -0.15) is 0 Å². The average Bonchev–Trinajstić information content (AvgIpc) is 2.63. The highest BCUT2D eigenvalue weighted by Gasteiger charge is 2.36. The quantitative estimate of drug-likeness (QED) is 0.619. The Morgan fingerprint density at radius 2 is 2.03 bits per heavy atom. The fourth-order valence-electron chi connectivity index (χ4n) is 3.50. The molecule has 10 heteroatoms. The third kappa shape index (κ3) is 4.03. The van der Waals surface area contributed by atoms with Crippen LogP contribution < -0.4 is 9.39 Å².